The lowest BCUT2D eigenvalue weighted by molar-refractivity contribution is -0.384. The number of hydrogen-bond donors (Lipinski definition) is 1. The molecule has 0 amide bonds. The van der Waals surface area contributed by atoms with Crippen molar-refractivity contribution < 1.29 is 14.5 Å². The smallest absolute Gasteiger partial charge is 0.322 e. The third kappa shape index (κ3) is 5.27. The number of esters is 1. The van der Waals surface area contributed by atoms with Crippen molar-refractivity contribution in [3.8, 4) is 0 Å². The van der Waals surface area contributed by atoms with Crippen LogP contribution in [-0.4, -0.2) is 29.3 Å². The van der Waals surface area contributed by atoms with Gasteiger partial charge >= 0.3 is 5.97 Å². The molecule has 0 heterocycles. The molecule has 0 aliphatic rings. The largest absolute Gasteiger partial charge is 0.465 e. The van der Waals surface area contributed by atoms with Gasteiger partial charge in [0.15, 0.2) is 0 Å². The molecule has 0 aromatic heterocycles. The minimum absolute atomic E-state index is 0.0626. The molecule has 0 aliphatic heterocycles. The second-order valence-corrected chi connectivity index (χ2v) is 4.92. The first-order valence-corrected chi connectivity index (χ1v) is 6.82. The van der Waals surface area contributed by atoms with Crippen molar-refractivity contribution in [3.05, 3.63) is 34.4 Å². The zero-order valence-corrected chi connectivity index (χ0v) is 11.4. The number of non-ortho nitro benzene ring substituents is 1. The van der Waals surface area contributed by atoms with Crippen molar-refractivity contribution in [2.75, 3.05) is 12.4 Å². The highest BCUT2D eigenvalue weighted by atomic mass is 32.2. The number of carbonyl (C=O) groups is 1. The van der Waals surface area contributed by atoms with Gasteiger partial charge in [0.05, 0.1) is 11.5 Å². The summed E-state index contributed by atoms with van der Waals surface area (Å²) in [6, 6.07) is 5.64. The molecule has 19 heavy (non-hydrogen) atoms. The second kappa shape index (κ2) is 7.75. The van der Waals surface area contributed by atoms with E-state index < -0.39 is 16.9 Å². The van der Waals surface area contributed by atoms with Gasteiger partial charge < -0.3 is 10.5 Å². The molecular formula is C12H16N2O4S. The predicted molar refractivity (Wildman–Crippen MR) is 73.0 cm³/mol. The van der Waals surface area contributed by atoms with Crippen LogP contribution < -0.4 is 5.73 Å². The number of nitro groups is 1. The Bertz CT molecular complexity index is 436. The van der Waals surface area contributed by atoms with Crippen molar-refractivity contribution >= 4 is 23.4 Å². The molecule has 1 aromatic carbocycles. The Labute approximate surface area is 115 Å². The van der Waals surface area contributed by atoms with E-state index in [-0.39, 0.29) is 5.69 Å². The van der Waals surface area contributed by atoms with Gasteiger partial charge in [-0.05, 0) is 25.5 Å². The van der Waals surface area contributed by atoms with Gasteiger partial charge in [-0.2, -0.15) is 0 Å². The maximum absolute atomic E-state index is 11.3. The molecule has 0 saturated heterocycles. The maximum Gasteiger partial charge on any atom is 0.322 e. The second-order valence-electron chi connectivity index (χ2n) is 3.75. The monoisotopic (exact) mass is 284 g/mol. The van der Waals surface area contributed by atoms with Crippen molar-refractivity contribution in [1.82, 2.24) is 0 Å². The average molecular weight is 284 g/mol. The van der Waals surface area contributed by atoms with E-state index in [0.717, 1.165) is 4.90 Å². The highest BCUT2D eigenvalue weighted by molar-refractivity contribution is 7.99. The Kier molecular flexibility index (Phi) is 6.31. The fraction of sp³-hybridized carbons (Fsp3) is 0.417. The zero-order valence-electron chi connectivity index (χ0n) is 10.6. The topological polar surface area (TPSA) is 95.5 Å². The molecule has 7 heteroatoms. The van der Waals surface area contributed by atoms with Gasteiger partial charge in [-0.25, -0.2) is 0 Å². The summed E-state index contributed by atoms with van der Waals surface area (Å²) in [5.74, 6) is 0.254. The Balaban J connectivity index is 2.36. The Morgan fingerprint density at radius 3 is 2.63 bits per heavy atom. The fourth-order valence-electron chi connectivity index (χ4n) is 1.33. The molecule has 0 saturated carbocycles. The van der Waals surface area contributed by atoms with Crippen LogP contribution in [0.4, 0.5) is 5.69 Å². The molecule has 0 bridgehead atoms. The van der Waals surface area contributed by atoms with Gasteiger partial charge in [-0.15, -0.1) is 11.8 Å². The van der Waals surface area contributed by atoms with Crippen LogP contribution in [0.1, 0.15) is 13.3 Å². The first-order chi connectivity index (χ1) is 9.04. The van der Waals surface area contributed by atoms with E-state index in [4.69, 9.17) is 10.5 Å². The summed E-state index contributed by atoms with van der Waals surface area (Å²) in [4.78, 5) is 22.2. The molecule has 0 spiro atoms. The third-order valence-electron chi connectivity index (χ3n) is 2.33. The Morgan fingerprint density at radius 1 is 1.47 bits per heavy atom. The van der Waals surface area contributed by atoms with Crippen molar-refractivity contribution in [1.29, 1.82) is 0 Å². The quantitative estimate of drug-likeness (QED) is 0.356. The van der Waals surface area contributed by atoms with Crippen molar-refractivity contribution in [2.24, 2.45) is 5.73 Å². The normalized spacial score (nSPS) is 11.9. The molecule has 1 rings (SSSR count). The standard InChI is InChI=1S/C12H16N2O4S/c1-2-18-12(15)11(13)7-8-19-10-5-3-9(4-6-10)14(16)17/h3-6,11H,2,7-8,13H2,1H3. The predicted octanol–water partition coefficient (Wildman–Crippen LogP) is 1.97. The molecule has 0 fully saturated rings. The Hall–Kier alpha value is -1.60. The lowest BCUT2D eigenvalue weighted by Crippen LogP contribution is -2.32. The Morgan fingerprint density at radius 2 is 2.11 bits per heavy atom. The van der Waals surface area contributed by atoms with Gasteiger partial charge in [0.1, 0.15) is 6.04 Å². The number of nitrogens with two attached hydrogens (primary N) is 1. The molecule has 2 N–H and O–H groups in total. The van der Waals surface area contributed by atoms with Crippen LogP contribution in [0.2, 0.25) is 0 Å². The molecule has 0 radical (unpaired) electrons. The highest BCUT2D eigenvalue weighted by Gasteiger charge is 2.14. The maximum atomic E-state index is 11.3. The van der Waals surface area contributed by atoms with E-state index in [1.54, 1.807) is 19.1 Å². The number of rotatable bonds is 7. The van der Waals surface area contributed by atoms with E-state index in [0.29, 0.717) is 18.8 Å². The number of hydrogen-bond acceptors (Lipinski definition) is 6. The minimum Gasteiger partial charge on any atom is -0.465 e. The lowest BCUT2D eigenvalue weighted by Gasteiger charge is -2.09. The molecule has 6 nitrogen and oxygen atoms in total. The van der Waals surface area contributed by atoms with Crippen molar-refractivity contribution in [3.63, 3.8) is 0 Å². The van der Waals surface area contributed by atoms with Crippen LogP contribution in [0.3, 0.4) is 0 Å². The number of nitrogens with zero attached hydrogens (tertiary/aromatic N) is 1. The number of carbonyl (C=O) groups excluding carboxylic acids is 1. The first-order valence-electron chi connectivity index (χ1n) is 5.84. The summed E-state index contributed by atoms with van der Waals surface area (Å²) in [7, 11) is 0. The van der Waals surface area contributed by atoms with Crippen LogP contribution >= 0.6 is 11.8 Å². The summed E-state index contributed by atoms with van der Waals surface area (Å²) in [5, 5.41) is 10.5. The van der Waals surface area contributed by atoms with E-state index >= 15 is 0 Å². The van der Waals surface area contributed by atoms with E-state index in [1.165, 1.54) is 23.9 Å². The van der Waals surface area contributed by atoms with Gasteiger partial charge in [-0.1, -0.05) is 0 Å². The summed E-state index contributed by atoms with van der Waals surface area (Å²) in [5.41, 5.74) is 5.72. The minimum atomic E-state index is -0.620. The molecule has 0 aliphatic carbocycles. The number of ether oxygens (including phenoxy) is 1. The first kappa shape index (κ1) is 15.5. The van der Waals surface area contributed by atoms with Gasteiger partial charge in [-0.3, -0.25) is 14.9 Å². The molecular weight excluding hydrogens is 268 g/mol. The van der Waals surface area contributed by atoms with Gasteiger partial charge in [0.2, 0.25) is 0 Å². The fourth-order valence-corrected chi connectivity index (χ4v) is 2.27. The van der Waals surface area contributed by atoms with E-state index in [2.05, 4.69) is 0 Å². The zero-order chi connectivity index (χ0) is 14.3. The van der Waals surface area contributed by atoms with Crippen molar-refractivity contribution in [2.45, 2.75) is 24.3 Å². The summed E-state index contributed by atoms with van der Waals surface area (Å²) in [6.07, 6.45) is 0.500. The number of thioether (sulfide) groups is 1. The third-order valence-corrected chi connectivity index (χ3v) is 3.38. The average Bonchev–Trinajstić information content (AvgIpc) is 2.39. The van der Waals surface area contributed by atoms with Gasteiger partial charge in [0, 0.05) is 22.8 Å². The number of benzene rings is 1. The summed E-state index contributed by atoms with van der Waals surface area (Å²) in [6.45, 7) is 2.05. The van der Waals surface area contributed by atoms with E-state index in [9.17, 15) is 14.9 Å². The van der Waals surface area contributed by atoms with Gasteiger partial charge in [0.25, 0.3) is 5.69 Å². The van der Waals surface area contributed by atoms with Crippen LogP contribution in [0.5, 0.6) is 0 Å². The van der Waals surface area contributed by atoms with Crippen LogP contribution in [0, 0.1) is 10.1 Å². The molecule has 1 unspecified atom stereocenters. The molecule has 1 aromatic rings. The highest BCUT2D eigenvalue weighted by Crippen LogP contribution is 2.22. The molecule has 1 atom stereocenters. The van der Waals surface area contributed by atoms with Crippen LogP contribution in [0.25, 0.3) is 0 Å². The van der Waals surface area contributed by atoms with E-state index in [1.807, 2.05) is 0 Å². The van der Waals surface area contributed by atoms with Crippen LogP contribution in [0.15, 0.2) is 29.2 Å². The van der Waals surface area contributed by atoms with Crippen LogP contribution in [-0.2, 0) is 9.53 Å². The summed E-state index contributed by atoms with van der Waals surface area (Å²) >= 11 is 1.49. The number of nitro benzene ring substituents is 1. The molecule has 104 valence electrons. The lowest BCUT2D eigenvalue weighted by atomic mass is 10.2. The SMILES string of the molecule is CCOC(=O)C(N)CCSc1ccc([N+](=O)[O-])cc1. The summed E-state index contributed by atoms with van der Waals surface area (Å²) < 4.78 is 4.80.